The zero-order valence-electron chi connectivity index (χ0n) is 12.2. The number of alkyl halides is 3. The number of ether oxygens (including phenoxy) is 1. The van der Waals surface area contributed by atoms with E-state index >= 15 is 0 Å². The van der Waals surface area contributed by atoms with Gasteiger partial charge in [-0.25, -0.2) is 13.6 Å². The van der Waals surface area contributed by atoms with Crippen molar-refractivity contribution in [2.75, 3.05) is 24.5 Å². The van der Waals surface area contributed by atoms with Crippen LogP contribution in [0.4, 0.5) is 27.6 Å². The maximum Gasteiger partial charge on any atom is 0.491 e. The van der Waals surface area contributed by atoms with E-state index in [-0.39, 0.29) is 25.2 Å². The molecule has 1 aliphatic heterocycles. The van der Waals surface area contributed by atoms with Gasteiger partial charge in [-0.2, -0.15) is 13.2 Å². The van der Waals surface area contributed by atoms with Gasteiger partial charge in [0.25, 0.3) is 0 Å². The van der Waals surface area contributed by atoms with E-state index in [0.29, 0.717) is 6.54 Å². The van der Waals surface area contributed by atoms with Gasteiger partial charge in [0.05, 0.1) is 12.2 Å². The van der Waals surface area contributed by atoms with Gasteiger partial charge in [-0.3, -0.25) is 0 Å². The smallest absolute Gasteiger partial charge is 0.431 e. The summed E-state index contributed by atoms with van der Waals surface area (Å²) >= 11 is 0. The van der Waals surface area contributed by atoms with E-state index in [9.17, 15) is 26.7 Å². The molecule has 0 amide bonds. The molecule has 0 saturated carbocycles. The molecule has 0 aliphatic carbocycles. The number of nitrogens with zero attached hydrogens (tertiary/aromatic N) is 1. The summed E-state index contributed by atoms with van der Waals surface area (Å²) in [6.07, 6.45) is -5.22. The van der Waals surface area contributed by atoms with Crippen LogP contribution < -0.4 is 10.2 Å². The Balaban J connectivity index is 2.42. The molecule has 1 aromatic rings. The zero-order valence-corrected chi connectivity index (χ0v) is 12.2. The van der Waals surface area contributed by atoms with Crippen molar-refractivity contribution in [3.8, 4) is 0 Å². The molecule has 1 fully saturated rings. The van der Waals surface area contributed by atoms with Gasteiger partial charge < -0.3 is 15.0 Å². The molecule has 0 bridgehead atoms. The van der Waals surface area contributed by atoms with Gasteiger partial charge >= 0.3 is 12.1 Å². The molecule has 1 saturated heterocycles. The highest BCUT2D eigenvalue weighted by molar-refractivity contribution is 5.76. The molecule has 1 aromatic carbocycles. The third kappa shape index (κ3) is 3.39. The molecule has 1 unspecified atom stereocenters. The first-order valence-electron chi connectivity index (χ1n) is 6.94. The molecule has 0 spiro atoms. The number of carbonyl (C=O) groups is 1. The van der Waals surface area contributed by atoms with Crippen molar-refractivity contribution < 1.29 is 31.5 Å². The highest BCUT2D eigenvalue weighted by Gasteiger charge is 2.49. The van der Waals surface area contributed by atoms with Crippen LogP contribution in [0.25, 0.3) is 0 Å². The van der Waals surface area contributed by atoms with Gasteiger partial charge in [-0.15, -0.1) is 0 Å². The number of piperazine rings is 1. The lowest BCUT2D eigenvalue weighted by atomic mass is 10.0. The number of anilines is 1. The van der Waals surface area contributed by atoms with Crippen molar-refractivity contribution >= 4 is 11.7 Å². The predicted octanol–water partition coefficient (Wildman–Crippen LogP) is 2.59. The van der Waals surface area contributed by atoms with Gasteiger partial charge in [0.1, 0.15) is 0 Å². The summed E-state index contributed by atoms with van der Waals surface area (Å²) in [5.74, 6) is -4.70. The molecule has 0 aromatic heterocycles. The highest BCUT2D eigenvalue weighted by atomic mass is 19.4. The van der Waals surface area contributed by atoms with Crippen molar-refractivity contribution in [2.45, 2.75) is 25.2 Å². The van der Waals surface area contributed by atoms with Crippen molar-refractivity contribution in [3.63, 3.8) is 0 Å². The second-order valence-corrected chi connectivity index (χ2v) is 5.09. The van der Waals surface area contributed by atoms with Crippen LogP contribution in [0.3, 0.4) is 0 Å². The molecule has 1 heterocycles. The van der Waals surface area contributed by atoms with E-state index in [4.69, 9.17) is 0 Å². The van der Waals surface area contributed by atoms with Crippen LogP contribution in [0.1, 0.15) is 13.3 Å². The van der Waals surface area contributed by atoms with E-state index in [1.165, 1.54) is 19.1 Å². The zero-order chi connectivity index (χ0) is 17.3. The summed E-state index contributed by atoms with van der Waals surface area (Å²) in [7, 11) is 0. The van der Waals surface area contributed by atoms with Gasteiger partial charge in [0, 0.05) is 19.5 Å². The molecular weight excluding hydrogens is 323 g/mol. The van der Waals surface area contributed by atoms with Crippen LogP contribution in [0.5, 0.6) is 0 Å². The third-order valence-electron chi connectivity index (χ3n) is 3.69. The molecule has 0 radical (unpaired) electrons. The molecule has 9 heteroatoms. The molecule has 1 N–H and O–H groups in total. The predicted molar refractivity (Wildman–Crippen MR) is 71.7 cm³/mol. The number of carbonyl (C=O) groups excluding carboxylic acids is 1. The van der Waals surface area contributed by atoms with Crippen LogP contribution in [-0.2, 0) is 9.53 Å². The number of nitrogens with one attached hydrogen (secondary N) is 1. The molecule has 1 aliphatic rings. The van der Waals surface area contributed by atoms with E-state index < -0.39 is 29.5 Å². The van der Waals surface area contributed by atoms with Crippen molar-refractivity contribution in [3.05, 3.63) is 29.8 Å². The van der Waals surface area contributed by atoms with Crippen LogP contribution in [0, 0.1) is 11.6 Å². The summed E-state index contributed by atoms with van der Waals surface area (Å²) < 4.78 is 69.7. The fourth-order valence-electron chi connectivity index (χ4n) is 2.52. The third-order valence-corrected chi connectivity index (χ3v) is 3.69. The van der Waals surface area contributed by atoms with Crippen molar-refractivity contribution in [1.29, 1.82) is 0 Å². The summed E-state index contributed by atoms with van der Waals surface area (Å²) in [5.41, 5.74) is -2.00. The van der Waals surface area contributed by atoms with Gasteiger partial charge in [0.15, 0.2) is 17.4 Å². The van der Waals surface area contributed by atoms with Gasteiger partial charge in [0.2, 0.25) is 0 Å². The minimum absolute atomic E-state index is 0.0439. The first kappa shape index (κ1) is 17.5. The Kier molecular flexibility index (Phi) is 4.79. The first-order valence-corrected chi connectivity index (χ1v) is 6.94. The second kappa shape index (κ2) is 6.31. The molecule has 1 atom stereocenters. The quantitative estimate of drug-likeness (QED) is 0.679. The number of benzene rings is 1. The Hall–Kier alpha value is -1.90. The Morgan fingerprint density at radius 3 is 2.70 bits per heavy atom. The van der Waals surface area contributed by atoms with Crippen LogP contribution in [0.15, 0.2) is 18.2 Å². The van der Waals surface area contributed by atoms with E-state index in [1.54, 1.807) is 0 Å². The fourth-order valence-corrected chi connectivity index (χ4v) is 2.52. The van der Waals surface area contributed by atoms with Crippen molar-refractivity contribution in [1.82, 2.24) is 5.32 Å². The van der Waals surface area contributed by atoms with Crippen LogP contribution in [-0.4, -0.2) is 37.5 Å². The monoisotopic (exact) mass is 338 g/mol. The second-order valence-electron chi connectivity index (χ2n) is 5.09. The molecule has 2 rings (SSSR count). The van der Waals surface area contributed by atoms with Gasteiger partial charge in [-0.1, -0.05) is 13.0 Å². The molecular formula is C14H15F5N2O2. The van der Waals surface area contributed by atoms with Gasteiger partial charge in [-0.05, 0) is 12.1 Å². The van der Waals surface area contributed by atoms with E-state index in [2.05, 4.69) is 10.1 Å². The topological polar surface area (TPSA) is 41.6 Å². The van der Waals surface area contributed by atoms with E-state index in [0.717, 1.165) is 11.0 Å². The number of hydrogen-bond acceptors (Lipinski definition) is 4. The SMILES string of the molecule is CCC1(OC(=O)C(F)(F)F)CNCCN1c1cccc(F)c1F. The molecule has 128 valence electrons. The maximum atomic E-state index is 14.0. The average molecular weight is 338 g/mol. The minimum atomic E-state index is -5.17. The number of esters is 1. The Morgan fingerprint density at radius 1 is 1.39 bits per heavy atom. The van der Waals surface area contributed by atoms with Crippen LogP contribution >= 0.6 is 0 Å². The normalized spacial score (nSPS) is 22.1. The Labute approximate surface area is 129 Å². The summed E-state index contributed by atoms with van der Waals surface area (Å²) in [4.78, 5) is 12.4. The molecule has 23 heavy (non-hydrogen) atoms. The Bertz CT molecular complexity index is 593. The fraction of sp³-hybridized carbons (Fsp3) is 0.500. The minimum Gasteiger partial charge on any atom is -0.431 e. The lowest BCUT2D eigenvalue weighted by Gasteiger charge is -2.47. The largest absolute Gasteiger partial charge is 0.491 e. The summed E-state index contributed by atoms with van der Waals surface area (Å²) in [6, 6.07) is 3.37. The first-order chi connectivity index (χ1) is 10.7. The standard InChI is InChI=1S/C14H15F5N2O2/c1-2-13(23-12(22)14(17,18)19)8-20-6-7-21(13)10-5-3-4-9(15)11(10)16/h3-5,20H,2,6-8H2,1H3. The summed E-state index contributed by atoms with van der Waals surface area (Å²) in [6.45, 7) is 1.74. The number of hydrogen-bond donors (Lipinski definition) is 1. The average Bonchev–Trinajstić information content (AvgIpc) is 2.50. The molecule has 4 nitrogen and oxygen atoms in total. The van der Waals surface area contributed by atoms with Crippen molar-refractivity contribution in [2.24, 2.45) is 0 Å². The number of halogens is 5. The Morgan fingerprint density at radius 2 is 2.09 bits per heavy atom. The van der Waals surface area contributed by atoms with E-state index in [1.807, 2.05) is 0 Å². The maximum absolute atomic E-state index is 14.0. The summed E-state index contributed by atoms with van der Waals surface area (Å²) in [5, 5.41) is 2.81. The van der Waals surface area contributed by atoms with Crippen LogP contribution in [0.2, 0.25) is 0 Å². The number of rotatable bonds is 3. The highest BCUT2D eigenvalue weighted by Crippen LogP contribution is 2.34. The lowest BCUT2D eigenvalue weighted by molar-refractivity contribution is -0.215. The lowest BCUT2D eigenvalue weighted by Crippen LogP contribution is -2.64.